The Balaban J connectivity index is 3.21. The van der Waals surface area contributed by atoms with E-state index in [-0.39, 0.29) is 17.3 Å². The van der Waals surface area contributed by atoms with Crippen molar-refractivity contribution in [3.05, 3.63) is 27.9 Å². The molecule has 0 aromatic carbocycles. The summed E-state index contributed by atoms with van der Waals surface area (Å²) in [6.07, 6.45) is 0.985. The highest BCUT2D eigenvalue weighted by Crippen LogP contribution is 1.93. The number of aromatic nitrogens is 2. The molecule has 1 rings (SSSR count). The minimum Gasteiger partial charge on any atom is -0.477 e. The van der Waals surface area contributed by atoms with Crippen molar-refractivity contribution in [2.45, 2.75) is 5.88 Å². The number of nitrogens with one attached hydrogen (secondary N) is 1. The number of carboxylic acids is 1. The number of hydrogen-bond acceptors (Lipinski definition) is 3. The molecule has 0 bridgehead atoms. The second-order valence-corrected chi connectivity index (χ2v) is 2.28. The molecule has 0 saturated carbocycles. The number of carboxylic acid groups (broad SMARTS) is 1. The van der Waals surface area contributed by atoms with Crippen LogP contribution in [-0.2, 0) is 5.88 Å². The number of H-pyrrole nitrogens is 1. The molecule has 64 valence electrons. The molecule has 0 aliphatic heterocycles. The van der Waals surface area contributed by atoms with Crippen LogP contribution in [0.15, 0.2) is 11.0 Å². The van der Waals surface area contributed by atoms with Crippen LogP contribution in [0.25, 0.3) is 0 Å². The molecular formula is C6H5ClN2O3. The molecule has 0 amide bonds. The van der Waals surface area contributed by atoms with Crippen molar-refractivity contribution >= 4 is 17.6 Å². The molecule has 6 heteroatoms. The van der Waals surface area contributed by atoms with Crippen molar-refractivity contribution in [2.24, 2.45) is 0 Å². The monoisotopic (exact) mass is 188 g/mol. The average Bonchev–Trinajstić information content (AvgIpc) is 2.03. The van der Waals surface area contributed by atoms with Gasteiger partial charge in [0.2, 0.25) is 0 Å². The molecule has 0 aliphatic rings. The molecule has 5 nitrogen and oxygen atoms in total. The molecule has 2 N–H and O–H groups in total. The predicted molar refractivity (Wildman–Crippen MR) is 41.4 cm³/mol. The fraction of sp³-hybridized carbons (Fsp3) is 0.167. The molecule has 0 fully saturated rings. The van der Waals surface area contributed by atoms with Crippen molar-refractivity contribution in [1.82, 2.24) is 9.97 Å². The highest BCUT2D eigenvalue weighted by Gasteiger charge is 2.08. The lowest BCUT2D eigenvalue weighted by Gasteiger charge is -1.94. The first-order valence-corrected chi connectivity index (χ1v) is 3.56. The zero-order chi connectivity index (χ0) is 9.14. The van der Waals surface area contributed by atoms with Gasteiger partial charge < -0.3 is 10.1 Å². The fourth-order valence-corrected chi connectivity index (χ4v) is 0.788. The van der Waals surface area contributed by atoms with Gasteiger partial charge in [-0.1, -0.05) is 0 Å². The van der Waals surface area contributed by atoms with Gasteiger partial charge in [-0.05, 0) is 0 Å². The average molecular weight is 189 g/mol. The Hall–Kier alpha value is -1.36. The van der Waals surface area contributed by atoms with Gasteiger partial charge in [0.1, 0.15) is 11.4 Å². The van der Waals surface area contributed by atoms with Gasteiger partial charge in [0.25, 0.3) is 5.56 Å². The number of alkyl halides is 1. The third-order valence-electron chi connectivity index (χ3n) is 1.21. The van der Waals surface area contributed by atoms with Crippen LogP contribution in [0, 0.1) is 0 Å². The van der Waals surface area contributed by atoms with Crippen molar-refractivity contribution < 1.29 is 9.90 Å². The van der Waals surface area contributed by atoms with E-state index < -0.39 is 11.5 Å². The Morgan fingerprint density at radius 3 is 2.83 bits per heavy atom. The van der Waals surface area contributed by atoms with Crippen LogP contribution in [0.1, 0.15) is 16.2 Å². The first kappa shape index (κ1) is 8.73. The van der Waals surface area contributed by atoms with E-state index in [1.54, 1.807) is 0 Å². The Labute approximate surface area is 72.0 Å². The molecule has 12 heavy (non-hydrogen) atoms. The van der Waals surface area contributed by atoms with E-state index in [0.29, 0.717) is 0 Å². The molecule has 0 aliphatic carbocycles. The van der Waals surface area contributed by atoms with Crippen molar-refractivity contribution in [3.63, 3.8) is 0 Å². The van der Waals surface area contributed by atoms with Gasteiger partial charge in [-0.3, -0.25) is 4.79 Å². The largest absolute Gasteiger partial charge is 0.477 e. The molecule has 1 heterocycles. The minimum atomic E-state index is -1.30. The number of halogens is 1. The van der Waals surface area contributed by atoms with Crippen LogP contribution in [-0.4, -0.2) is 21.0 Å². The Morgan fingerprint density at radius 2 is 2.42 bits per heavy atom. The zero-order valence-electron chi connectivity index (χ0n) is 5.87. The van der Waals surface area contributed by atoms with E-state index in [4.69, 9.17) is 16.7 Å². The Kier molecular flexibility index (Phi) is 2.44. The quantitative estimate of drug-likeness (QED) is 0.650. The number of nitrogens with zero attached hydrogens (tertiary/aromatic N) is 1. The maximum atomic E-state index is 10.9. The molecule has 0 radical (unpaired) electrons. The van der Waals surface area contributed by atoms with Gasteiger partial charge >= 0.3 is 5.97 Å². The lowest BCUT2D eigenvalue weighted by molar-refractivity contribution is 0.0694. The third-order valence-corrected chi connectivity index (χ3v) is 1.46. The van der Waals surface area contributed by atoms with Gasteiger partial charge in [0.05, 0.1) is 5.88 Å². The summed E-state index contributed by atoms with van der Waals surface area (Å²) in [6.45, 7) is 0. The van der Waals surface area contributed by atoms with Gasteiger partial charge in [-0.25, -0.2) is 9.78 Å². The van der Waals surface area contributed by atoms with Gasteiger partial charge in [-0.2, -0.15) is 0 Å². The number of carbonyl (C=O) groups is 1. The maximum Gasteiger partial charge on any atom is 0.342 e. The minimum absolute atomic E-state index is 0.0507. The number of aromatic amines is 1. The molecule has 0 atom stereocenters. The Bertz CT molecular complexity index is 360. The molecule has 0 saturated heterocycles. The Morgan fingerprint density at radius 1 is 1.75 bits per heavy atom. The topological polar surface area (TPSA) is 83.0 Å². The summed E-state index contributed by atoms with van der Waals surface area (Å²) in [4.78, 5) is 27.1. The third kappa shape index (κ3) is 1.62. The van der Waals surface area contributed by atoms with Crippen LogP contribution in [0.5, 0.6) is 0 Å². The molecule has 0 unspecified atom stereocenters. The van der Waals surface area contributed by atoms with E-state index in [1.807, 2.05) is 0 Å². The highest BCUT2D eigenvalue weighted by atomic mass is 35.5. The van der Waals surface area contributed by atoms with Crippen LogP contribution in [0.3, 0.4) is 0 Å². The normalized spacial score (nSPS) is 9.75. The first-order valence-electron chi connectivity index (χ1n) is 3.02. The number of hydrogen-bond donors (Lipinski definition) is 2. The predicted octanol–water partition coefficient (Wildman–Crippen LogP) is 0.207. The van der Waals surface area contributed by atoms with Gasteiger partial charge in [-0.15, -0.1) is 11.6 Å². The first-order chi connectivity index (χ1) is 5.65. The lowest BCUT2D eigenvalue weighted by Crippen LogP contribution is -2.19. The van der Waals surface area contributed by atoms with Crippen LogP contribution >= 0.6 is 11.6 Å². The lowest BCUT2D eigenvalue weighted by atomic mass is 10.3. The SMILES string of the molecule is O=C(O)c1cnc(CCl)[nH]c1=O. The highest BCUT2D eigenvalue weighted by molar-refractivity contribution is 6.16. The summed E-state index contributed by atoms with van der Waals surface area (Å²) in [5.74, 6) is -0.994. The second-order valence-electron chi connectivity index (χ2n) is 2.01. The summed E-state index contributed by atoms with van der Waals surface area (Å²) in [5, 5.41) is 8.44. The summed E-state index contributed by atoms with van der Waals surface area (Å²) in [5.41, 5.74) is -1.07. The smallest absolute Gasteiger partial charge is 0.342 e. The van der Waals surface area contributed by atoms with Crippen molar-refractivity contribution in [2.75, 3.05) is 0 Å². The molecule has 1 aromatic rings. The van der Waals surface area contributed by atoms with Gasteiger partial charge in [0.15, 0.2) is 0 Å². The van der Waals surface area contributed by atoms with Gasteiger partial charge in [0, 0.05) is 6.20 Å². The summed E-state index contributed by atoms with van der Waals surface area (Å²) in [6, 6.07) is 0. The second kappa shape index (κ2) is 3.36. The summed E-state index contributed by atoms with van der Waals surface area (Å²) in [7, 11) is 0. The number of rotatable bonds is 2. The molecular weight excluding hydrogens is 184 g/mol. The van der Waals surface area contributed by atoms with E-state index in [9.17, 15) is 9.59 Å². The zero-order valence-corrected chi connectivity index (χ0v) is 6.63. The standard InChI is InChI=1S/C6H5ClN2O3/c7-1-4-8-2-3(6(11)12)5(10)9-4/h2H,1H2,(H,11,12)(H,8,9,10). The summed E-state index contributed by atoms with van der Waals surface area (Å²) < 4.78 is 0. The van der Waals surface area contributed by atoms with Crippen molar-refractivity contribution in [1.29, 1.82) is 0 Å². The maximum absolute atomic E-state index is 10.9. The molecule has 1 aromatic heterocycles. The molecule has 0 spiro atoms. The van der Waals surface area contributed by atoms with Crippen LogP contribution in [0.4, 0.5) is 0 Å². The van der Waals surface area contributed by atoms with E-state index >= 15 is 0 Å². The van der Waals surface area contributed by atoms with E-state index in [1.165, 1.54) is 0 Å². The van der Waals surface area contributed by atoms with E-state index in [2.05, 4.69) is 9.97 Å². The van der Waals surface area contributed by atoms with E-state index in [0.717, 1.165) is 6.20 Å². The van der Waals surface area contributed by atoms with Crippen LogP contribution < -0.4 is 5.56 Å². The summed E-state index contributed by atoms with van der Waals surface area (Å²) >= 11 is 5.35. The van der Waals surface area contributed by atoms with Crippen LogP contribution in [0.2, 0.25) is 0 Å². The number of aromatic carboxylic acids is 1. The fourth-order valence-electron chi connectivity index (χ4n) is 0.652. The van der Waals surface area contributed by atoms with Crippen molar-refractivity contribution in [3.8, 4) is 0 Å².